The smallest absolute Gasteiger partial charge is 0.179 e. The molecule has 9 rings (SSSR count). The zero-order valence-electron chi connectivity index (χ0n) is 29.0. The molecule has 7 aromatic carbocycles. The van der Waals surface area contributed by atoms with Gasteiger partial charge in [-0.05, 0) is 69.1 Å². The number of fused-ring (bicyclic) bond motifs is 4. The van der Waals surface area contributed by atoms with Gasteiger partial charge in [-0.1, -0.05) is 170 Å². The van der Waals surface area contributed by atoms with Gasteiger partial charge in [-0.3, -0.25) is 0 Å². The molecule has 0 aliphatic rings. The SMILES string of the molecule is C=Cc1c(/C=C\C)n(-c2cccc([Si](c3ccccc3)(c3ccccc3)c3cccc(-c4cccc5c4sc4ccccc45)c3)c2)c2ccccc12. The van der Waals surface area contributed by atoms with Crippen LogP contribution >= 0.6 is 11.3 Å². The largest absolute Gasteiger partial charge is 0.309 e. The summed E-state index contributed by atoms with van der Waals surface area (Å²) in [7, 11) is -2.88. The lowest BCUT2D eigenvalue weighted by atomic mass is 10.0. The van der Waals surface area contributed by atoms with Crippen molar-refractivity contribution < 1.29 is 0 Å². The van der Waals surface area contributed by atoms with Crippen LogP contribution in [0.5, 0.6) is 0 Å². The molecule has 3 heteroatoms. The first kappa shape index (κ1) is 31.9. The number of aromatic nitrogens is 1. The highest BCUT2D eigenvalue weighted by atomic mass is 32.1. The molecule has 2 aromatic heterocycles. The van der Waals surface area contributed by atoms with Crippen molar-refractivity contribution in [3.8, 4) is 16.8 Å². The topological polar surface area (TPSA) is 4.93 Å². The zero-order valence-corrected chi connectivity index (χ0v) is 30.9. The van der Waals surface area contributed by atoms with E-state index < -0.39 is 8.07 Å². The molecule has 9 aromatic rings. The highest BCUT2D eigenvalue weighted by molar-refractivity contribution is 7.26. The number of hydrogen-bond acceptors (Lipinski definition) is 1. The number of benzene rings is 7. The van der Waals surface area contributed by atoms with Gasteiger partial charge in [0.1, 0.15) is 0 Å². The highest BCUT2D eigenvalue weighted by Gasteiger charge is 2.42. The molecule has 1 nitrogen and oxygen atoms in total. The fourth-order valence-electron chi connectivity index (χ4n) is 8.25. The summed E-state index contributed by atoms with van der Waals surface area (Å²) in [5.41, 5.74) is 7.14. The molecular weight excluding hydrogens is 663 g/mol. The minimum Gasteiger partial charge on any atom is -0.309 e. The van der Waals surface area contributed by atoms with Crippen LogP contribution in [0.2, 0.25) is 0 Å². The zero-order chi connectivity index (χ0) is 35.1. The van der Waals surface area contributed by atoms with Crippen LogP contribution in [0.4, 0.5) is 0 Å². The Bertz CT molecular complexity index is 2730. The molecule has 0 bridgehead atoms. The molecule has 2 heterocycles. The lowest BCUT2D eigenvalue weighted by Crippen LogP contribution is -2.74. The van der Waals surface area contributed by atoms with Gasteiger partial charge in [-0.2, -0.15) is 0 Å². The third-order valence-corrected chi connectivity index (χ3v) is 16.4. The lowest BCUT2D eigenvalue weighted by molar-refractivity contribution is 1.11. The van der Waals surface area contributed by atoms with E-state index in [1.165, 1.54) is 62.9 Å². The molecule has 0 unspecified atom stereocenters. The molecule has 248 valence electrons. The number of allylic oxidation sites excluding steroid dienone is 1. The van der Waals surface area contributed by atoms with Crippen LogP contribution in [0.15, 0.2) is 189 Å². The summed E-state index contributed by atoms with van der Waals surface area (Å²) < 4.78 is 5.07. The van der Waals surface area contributed by atoms with E-state index >= 15 is 0 Å². The summed E-state index contributed by atoms with van der Waals surface area (Å²) in [5, 5.41) is 9.25. The second-order valence-corrected chi connectivity index (χ2v) is 18.1. The summed E-state index contributed by atoms with van der Waals surface area (Å²) >= 11 is 1.89. The molecule has 0 saturated heterocycles. The van der Waals surface area contributed by atoms with Gasteiger partial charge in [0.25, 0.3) is 0 Å². The Kier molecular flexibility index (Phi) is 8.16. The van der Waals surface area contributed by atoms with Gasteiger partial charge in [-0.15, -0.1) is 11.3 Å². The lowest BCUT2D eigenvalue weighted by Gasteiger charge is -2.35. The number of para-hydroxylation sites is 1. The van der Waals surface area contributed by atoms with E-state index in [-0.39, 0.29) is 0 Å². The summed E-state index contributed by atoms with van der Waals surface area (Å²) in [6, 6.07) is 65.4. The molecule has 0 spiro atoms. The van der Waals surface area contributed by atoms with Gasteiger partial charge in [-0.25, -0.2) is 0 Å². The van der Waals surface area contributed by atoms with E-state index in [9.17, 15) is 0 Å². The van der Waals surface area contributed by atoms with E-state index in [1.54, 1.807) is 0 Å². The van der Waals surface area contributed by atoms with Crippen molar-refractivity contribution >= 4 is 83.4 Å². The van der Waals surface area contributed by atoms with Crippen LogP contribution in [0, 0.1) is 0 Å². The monoisotopic (exact) mass is 699 g/mol. The Balaban J connectivity index is 1.34. The first-order valence-electron chi connectivity index (χ1n) is 17.8. The Labute approximate surface area is 310 Å². The quantitative estimate of drug-likeness (QED) is 0.110. The number of nitrogens with zero attached hydrogens (tertiary/aromatic N) is 1. The minimum absolute atomic E-state index is 1.14. The number of rotatable bonds is 8. The summed E-state index contributed by atoms with van der Waals surface area (Å²) in [4.78, 5) is 0. The van der Waals surface area contributed by atoms with Crippen molar-refractivity contribution in [3.05, 3.63) is 200 Å². The van der Waals surface area contributed by atoms with Crippen molar-refractivity contribution in [1.29, 1.82) is 0 Å². The Hall–Kier alpha value is -6.00. The van der Waals surface area contributed by atoms with Crippen LogP contribution in [-0.2, 0) is 0 Å². The van der Waals surface area contributed by atoms with E-state index in [0.29, 0.717) is 0 Å². The molecule has 0 aliphatic carbocycles. The molecular formula is C49H37NSSi. The average Bonchev–Trinajstić information content (AvgIpc) is 3.75. The first-order chi connectivity index (χ1) is 25.7. The van der Waals surface area contributed by atoms with Crippen LogP contribution in [0.3, 0.4) is 0 Å². The summed E-state index contributed by atoms with van der Waals surface area (Å²) in [5.74, 6) is 0. The Morgan fingerprint density at radius 3 is 1.88 bits per heavy atom. The average molecular weight is 700 g/mol. The Morgan fingerprint density at radius 1 is 0.558 bits per heavy atom. The Morgan fingerprint density at radius 2 is 1.15 bits per heavy atom. The number of thiophene rings is 1. The normalized spacial score (nSPS) is 11.9. The second-order valence-electron chi connectivity index (χ2n) is 13.2. The van der Waals surface area contributed by atoms with Crippen molar-refractivity contribution in [1.82, 2.24) is 4.57 Å². The maximum absolute atomic E-state index is 4.23. The van der Waals surface area contributed by atoms with E-state index in [0.717, 1.165) is 16.9 Å². The van der Waals surface area contributed by atoms with Gasteiger partial charge in [0.15, 0.2) is 8.07 Å². The molecule has 0 fully saturated rings. The second kappa shape index (κ2) is 13.3. The first-order valence-corrected chi connectivity index (χ1v) is 20.7. The maximum atomic E-state index is 4.23. The third kappa shape index (κ3) is 5.04. The van der Waals surface area contributed by atoms with Gasteiger partial charge in [0.05, 0.1) is 11.2 Å². The summed E-state index contributed by atoms with van der Waals surface area (Å²) in [6.07, 6.45) is 6.33. The van der Waals surface area contributed by atoms with Crippen molar-refractivity contribution in [2.24, 2.45) is 0 Å². The molecule has 0 radical (unpaired) electrons. The number of hydrogen-bond donors (Lipinski definition) is 0. The fourth-order valence-corrected chi connectivity index (χ4v) is 14.3. The van der Waals surface area contributed by atoms with Gasteiger partial charge < -0.3 is 4.57 Å². The molecule has 0 N–H and O–H groups in total. The fraction of sp³-hybridized carbons (Fsp3) is 0.0204. The van der Waals surface area contributed by atoms with Crippen LogP contribution in [-0.4, -0.2) is 12.6 Å². The summed E-state index contributed by atoms with van der Waals surface area (Å²) in [6.45, 7) is 6.32. The predicted molar refractivity (Wildman–Crippen MR) is 230 cm³/mol. The van der Waals surface area contributed by atoms with E-state index in [1.807, 2.05) is 17.4 Å². The third-order valence-electron chi connectivity index (χ3n) is 10.4. The van der Waals surface area contributed by atoms with Crippen molar-refractivity contribution in [2.75, 3.05) is 0 Å². The molecule has 0 amide bonds. The van der Waals surface area contributed by atoms with E-state index in [2.05, 4.69) is 206 Å². The standard InChI is InChI=1S/C49H37NSSi/c1-3-18-46-41(4-2)43-27-11-13-31-47(43)50(46)36-20-16-26-40(34-36)52(37-21-7-5-8-22-37,38-23-9-6-10-24-38)39-25-15-19-35(33-39)42-29-17-30-45-44-28-12-14-32-48(44)51-49(42)45/h3-34H,2H2,1H3/b18-3-. The molecule has 52 heavy (non-hydrogen) atoms. The van der Waals surface area contributed by atoms with E-state index in [4.69, 9.17) is 0 Å². The van der Waals surface area contributed by atoms with Gasteiger partial charge in [0.2, 0.25) is 0 Å². The van der Waals surface area contributed by atoms with Crippen LogP contribution < -0.4 is 20.7 Å². The predicted octanol–water partition coefficient (Wildman–Crippen LogP) is 10.7. The van der Waals surface area contributed by atoms with Crippen LogP contribution in [0.1, 0.15) is 18.2 Å². The van der Waals surface area contributed by atoms with Gasteiger partial charge >= 0.3 is 0 Å². The molecule has 0 aliphatic heterocycles. The molecule has 0 atom stereocenters. The van der Waals surface area contributed by atoms with Crippen LogP contribution in [0.25, 0.3) is 60.0 Å². The molecule has 0 saturated carbocycles. The van der Waals surface area contributed by atoms with Gasteiger partial charge in [0, 0.05) is 36.8 Å². The van der Waals surface area contributed by atoms with Crippen molar-refractivity contribution in [3.63, 3.8) is 0 Å². The highest BCUT2D eigenvalue weighted by Crippen LogP contribution is 2.39. The maximum Gasteiger partial charge on any atom is 0.179 e. The van der Waals surface area contributed by atoms with Crippen molar-refractivity contribution in [2.45, 2.75) is 6.92 Å². The minimum atomic E-state index is -2.88.